The van der Waals surface area contributed by atoms with E-state index >= 15 is 0 Å². The van der Waals surface area contributed by atoms with Crippen LogP contribution in [-0.2, 0) is 18.8 Å². The van der Waals surface area contributed by atoms with E-state index in [0.717, 1.165) is 12.8 Å². The molecule has 1 aliphatic carbocycles. The van der Waals surface area contributed by atoms with Gasteiger partial charge in [0.05, 0.1) is 18.3 Å². The first-order chi connectivity index (χ1) is 13.2. The van der Waals surface area contributed by atoms with Gasteiger partial charge in [0.1, 0.15) is 6.04 Å². The molecule has 4 rings (SSSR count). The number of esters is 1. The quantitative estimate of drug-likeness (QED) is 0.582. The van der Waals surface area contributed by atoms with Gasteiger partial charge in [0.2, 0.25) is 0 Å². The van der Waals surface area contributed by atoms with Crippen LogP contribution in [0, 0.1) is 5.92 Å². The molecule has 2 aliphatic heterocycles. The van der Waals surface area contributed by atoms with E-state index in [2.05, 4.69) is 63.8 Å². The number of ether oxygens (including phenoxy) is 1. The average molecular weight is 385 g/mol. The summed E-state index contributed by atoms with van der Waals surface area (Å²) in [6, 6.07) is 10.7. The lowest BCUT2D eigenvalue weighted by Gasteiger charge is -2.41. The highest BCUT2D eigenvalue weighted by molar-refractivity contribution is 6.47. The van der Waals surface area contributed by atoms with Gasteiger partial charge in [-0.15, -0.1) is 0 Å². The highest BCUT2D eigenvalue weighted by Crippen LogP contribution is 2.56. The predicted octanol–water partition coefficient (Wildman–Crippen LogP) is 3.85. The Labute approximate surface area is 168 Å². The van der Waals surface area contributed by atoms with Crippen molar-refractivity contribution < 1.29 is 18.8 Å². The third kappa shape index (κ3) is 3.01. The Morgan fingerprint density at radius 2 is 1.75 bits per heavy atom. The molecule has 1 aromatic rings. The van der Waals surface area contributed by atoms with Gasteiger partial charge in [-0.3, -0.25) is 9.69 Å². The van der Waals surface area contributed by atoms with Gasteiger partial charge in [-0.05, 0) is 58.9 Å². The van der Waals surface area contributed by atoms with E-state index in [9.17, 15) is 4.79 Å². The SMILES string of the molecule is COC(=O)[C@H]1[C@H]2C[C@H](C[C@@H]2B2OC(C)(C)C(C)(C)O2)N1[C@@H](C)c1ccccc1. The number of hydrogen-bond acceptors (Lipinski definition) is 5. The molecule has 2 heterocycles. The molecule has 1 saturated carbocycles. The van der Waals surface area contributed by atoms with Crippen molar-refractivity contribution in [2.45, 2.75) is 82.6 Å². The highest BCUT2D eigenvalue weighted by Gasteiger charge is 2.63. The molecule has 28 heavy (non-hydrogen) atoms. The Morgan fingerprint density at radius 3 is 2.32 bits per heavy atom. The maximum Gasteiger partial charge on any atom is 0.461 e. The van der Waals surface area contributed by atoms with Gasteiger partial charge in [0, 0.05) is 17.9 Å². The van der Waals surface area contributed by atoms with Crippen molar-refractivity contribution in [1.82, 2.24) is 4.90 Å². The summed E-state index contributed by atoms with van der Waals surface area (Å²) in [5.41, 5.74) is 0.533. The molecule has 2 bridgehead atoms. The summed E-state index contributed by atoms with van der Waals surface area (Å²) in [5.74, 6) is 0.268. The van der Waals surface area contributed by atoms with E-state index in [0.29, 0.717) is 6.04 Å². The van der Waals surface area contributed by atoms with Crippen molar-refractivity contribution in [1.29, 1.82) is 0 Å². The minimum absolute atomic E-state index is 0.142. The van der Waals surface area contributed by atoms with Gasteiger partial charge in [-0.2, -0.15) is 0 Å². The molecule has 5 atom stereocenters. The number of carbonyl (C=O) groups is 1. The zero-order valence-corrected chi connectivity index (χ0v) is 17.8. The van der Waals surface area contributed by atoms with Gasteiger partial charge < -0.3 is 14.0 Å². The molecule has 1 aromatic carbocycles. The first-order valence-corrected chi connectivity index (χ1v) is 10.4. The van der Waals surface area contributed by atoms with Crippen LogP contribution in [0.25, 0.3) is 0 Å². The average Bonchev–Trinajstić information content (AvgIpc) is 3.30. The molecule has 2 saturated heterocycles. The fraction of sp³-hybridized carbons (Fsp3) is 0.682. The third-order valence-electron chi connectivity index (χ3n) is 7.58. The van der Waals surface area contributed by atoms with Crippen LogP contribution in [0.3, 0.4) is 0 Å². The summed E-state index contributed by atoms with van der Waals surface area (Å²) in [4.78, 5) is 15.2. The molecular weight excluding hydrogens is 353 g/mol. The van der Waals surface area contributed by atoms with E-state index in [-0.39, 0.29) is 48.1 Å². The summed E-state index contributed by atoms with van der Waals surface area (Å²) in [7, 11) is 1.23. The number of rotatable bonds is 4. The van der Waals surface area contributed by atoms with Crippen LogP contribution < -0.4 is 0 Å². The summed E-state index contributed by atoms with van der Waals surface area (Å²) < 4.78 is 17.9. The lowest BCUT2D eigenvalue weighted by atomic mass is 9.63. The van der Waals surface area contributed by atoms with Crippen LogP contribution in [0.2, 0.25) is 5.82 Å². The van der Waals surface area contributed by atoms with Gasteiger partial charge in [-0.25, -0.2) is 0 Å². The summed E-state index contributed by atoms with van der Waals surface area (Å²) >= 11 is 0. The molecule has 0 aromatic heterocycles. The largest absolute Gasteiger partial charge is 0.468 e. The Kier molecular flexibility index (Phi) is 4.88. The van der Waals surface area contributed by atoms with Crippen LogP contribution in [-0.4, -0.2) is 48.4 Å². The molecule has 3 fully saturated rings. The third-order valence-corrected chi connectivity index (χ3v) is 7.58. The van der Waals surface area contributed by atoms with E-state index in [1.54, 1.807) is 0 Å². The fourth-order valence-corrected chi connectivity index (χ4v) is 5.38. The summed E-state index contributed by atoms with van der Waals surface area (Å²) in [6.07, 6.45) is 1.98. The summed E-state index contributed by atoms with van der Waals surface area (Å²) in [6.45, 7) is 10.5. The van der Waals surface area contributed by atoms with Crippen molar-refractivity contribution in [3.8, 4) is 0 Å². The minimum Gasteiger partial charge on any atom is -0.468 e. The molecule has 0 radical (unpaired) electrons. The minimum atomic E-state index is -0.350. The maximum absolute atomic E-state index is 12.8. The van der Waals surface area contributed by atoms with Crippen molar-refractivity contribution in [2.24, 2.45) is 5.92 Å². The second kappa shape index (κ2) is 6.86. The van der Waals surface area contributed by atoms with Gasteiger partial charge in [0.15, 0.2) is 0 Å². The number of piperidine rings is 1. The maximum atomic E-state index is 12.8. The molecule has 0 amide bonds. The smallest absolute Gasteiger partial charge is 0.461 e. The topological polar surface area (TPSA) is 48.0 Å². The lowest BCUT2D eigenvalue weighted by Crippen LogP contribution is -2.51. The monoisotopic (exact) mass is 385 g/mol. The molecular formula is C22H32BNO4. The number of hydrogen-bond donors (Lipinski definition) is 0. The number of benzene rings is 1. The Balaban J connectivity index is 1.59. The summed E-state index contributed by atoms with van der Waals surface area (Å²) in [5, 5.41) is 0. The van der Waals surface area contributed by atoms with Crippen LogP contribution in [0.1, 0.15) is 59.1 Å². The molecule has 6 heteroatoms. The molecule has 3 aliphatic rings. The van der Waals surface area contributed by atoms with Crippen LogP contribution >= 0.6 is 0 Å². The Morgan fingerprint density at radius 1 is 1.14 bits per heavy atom. The van der Waals surface area contributed by atoms with Crippen molar-refractivity contribution >= 4 is 13.1 Å². The van der Waals surface area contributed by atoms with Crippen LogP contribution in [0.4, 0.5) is 0 Å². The van der Waals surface area contributed by atoms with E-state index < -0.39 is 0 Å². The Hall–Kier alpha value is -1.37. The van der Waals surface area contributed by atoms with Gasteiger partial charge in [0.25, 0.3) is 0 Å². The number of likely N-dealkylation sites (tertiary alicyclic amines) is 1. The van der Waals surface area contributed by atoms with Crippen LogP contribution in [0.15, 0.2) is 30.3 Å². The van der Waals surface area contributed by atoms with E-state index in [1.165, 1.54) is 12.7 Å². The second-order valence-electron chi connectivity index (χ2n) is 9.58. The van der Waals surface area contributed by atoms with Crippen molar-refractivity contribution in [2.75, 3.05) is 7.11 Å². The van der Waals surface area contributed by atoms with Crippen LogP contribution in [0.5, 0.6) is 0 Å². The number of fused-ring (bicyclic) bond motifs is 2. The first kappa shape index (κ1) is 19.9. The predicted molar refractivity (Wildman–Crippen MR) is 109 cm³/mol. The first-order valence-electron chi connectivity index (χ1n) is 10.4. The van der Waals surface area contributed by atoms with Gasteiger partial charge >= 0.3 is 13.1 Å². The number of nitrogens with zero attached hydrogens (tertiary/aromatic N) is 1. The molecule has 0 unspecified atom stereocenters. The standard InChI is InChI=1S/C22H32BNO4/c1-14(15-10-8-7-9-11-15)24-16-12-17(19(24)20(25)26-6)18(13-16)23-27-21(2,3)22(4,5)28-23/h7-11,14,16-19H,12-13H2,1-6H3/t14-,16+,17-,18-,19+/m0/s1. The fourth-order valence-electron chi connectivity index (χ4n) is 5.38. The second-order valence-corrected chi connectivity index (χ2v) is 9.58. The van der Waals surface area contributed by atoms with Crippen molar-refractivity contribution in [3.63, 3.8) is 0 Å². The van der Waals surface area contributed by atoms with E-state index in [4.69, 9.17) is 14.0 Å². The highest BCUT2D eigenvalue weighted by atomic mass is 16.7. The zero-order valence-electron chi connectivity index (χ0n) is 17.8. The van der Waals surface area contributed by atoms with Gasteiger partial charge in [-0.1, -0.05) is 30.3 Å². The molecule has 152 valence electrons. The Bertz CT molecular complexity index is 721. The number of carbonyl (C=O) groups excluding carboxylic acids is 1. The zero-order chi connectivity index (χ0) is 20.3. The van der Waals surface area contributed by atoms with Crippen molar-refractivity contribution in [3.05, 3.63) is 35.9 Å². The van der Waals surface area contributed by atoms with E-state index in [1.807, 2.05) is 6.07 Å². The molecule has 0 spiro atoms. The lowest BCUT2D eigenvalue weighted by molar-refractivity contribution is -0.150. The number of methoxy groups -OCH3 is 1. The molecule has 0 N–H and O–H groups in total. The normalized spacial score (nSPS) is 34.6. The molecule has 5 nitrogen and oxygen atoms in total.